The number of carboxylic acids is 1. The maximum Gasteiger partial charge on any atom is 0.326 e. The number of hydrogen-bond donors (Lipinski definition) is 3. The molecule has 0 spiro atoms. The van der Waals surface area contributed by atoms with E-state index in [4.69, 9.17) is 0 Å². The Bertz CT molecular complexity index is 352. The van der Waals surface area contributed by atoms with E-state index in [9.17, 15) is 14.7 Å². The minimum absolute atomic E-state index is 0.0955. The SMILES string of the molecule is CCN1CCCC(NC(=O)NC(C(=O)O)C(C)(C)C)C1. The molecule has 0 bridgehead atoms. The second kappa shape index (κ2) is 6.92. The highest BCUT2D eigenvalue weighted by molar-refractivity contribution is 5.83. The lowest BCUT2D eigenvalue weighted by molar-refractivity contribution is -0.141. The second-order valence-electron chi connectivity index (χ2n) is 6.49. The predicted molar refractivity (Wildman–Crippen MR) is 77.7 cm³/mol. The quantitative estimate of drug-likeness (QED) is 0.726. The van der Waals surface area contributed by atoms with E-state index in [1.807, 2.05) is 0 Å². The van der Waals surface area contributed by atoms with Crippen LogP contribution in [0.3, 0.4) is 0 Å². The van der Waals surface area contributed by atoms with Crippen molar-refractivity contribution in [1.82, 2.24) is 15.5 Å². The number of likely N-dealkylation sites (N-methyl/N-ethyl adjacent to an activating group) is 1. The number of nitrogens with one attached hydrogen (secondary N) is 2. The van der Waals surface area contributed by atoms with Crippen molar-refractivity contribution in [2.24, 2.45) is 5.41 Å². The molecule has 0 radical (unpaired) electrons. The van der Waals surface area contributed by atoms with E-state index >= 15 is 0 Å². The molecule has 1 rings (SSSR count). The summed E-state index contributed by atoms with van der Waals surface area (Å²) in [5, 5.41) is 14.6. The van der Waals surface area contributed by atoms with E-state index in [1.54, 1.807) is 20.8 Å². The Morgan fingerprint density at radius 2 is 2.05 bits per heavy atom. The molecular weight excluding hydrogens is 258 g/mol. The number of aliphatic carboxylic acids is 1. The first-order chi connectivity index (χ1) is 9.24. The smallest absolute Gasteiger partial charge is 0.326 e. The molecule has 1 aliphatic heterocycles. The Labute approximate surface area is 120 Å². The van der Waals surface area contributed by atoms with Gasteiger partial charge in [0.1, 0.15) is 6.04 Å². The highest BCUT2D eigenvalue weighted by Gasteiger charge is 2.33. The molecule has 3 N–H and O–H groups in total. The van der Waals surface area contributed by atoms with Crippen LogP contribution < -0.4 is 10.6 Å². The fourth-order valence-electron chi connectivity index (χ4n) is 2.47. The van der Waals surface area contributed by atoms with E-state index in [-0.39, 0.29) is 6.04 Å². The van der Waals surface area contributed by atoms with Gasteiger partial charge in [-0.15, -0.1) is 0 Å². The molecule has 2 unspecified atom stereocenters. The molecule has 0 aromatic heterocycles. The summed E-state index contributed by atoms with van der Waals surface area (Å²) in [6.45, 7) is 10.4. The standard InChI is InChI=1S/C14H27N3O3/c1-5-17-8-6-7-10(9-17)15-13(20)16-11(12(18)19)14(2,3)4/h10-11H,5-9H2,1-4H3,(H,18,19)(H2,15,16,20). The summed E-state index contributed by atoms with van der Waals surface area (Å²) in [6, 6.07) is -1.19. The summed E-state index contributed by atoms with van der Waals surface area (Å²) in [6.07, 6.45) is 2.00. The van der Waals surface area contributed by atoms with Crippen LogP contribution in [0, 0.1) is 5.41 Å². The van der Waals surface area contributed by atoms with E-state index < -0.39 is 23.5 Å². The summed E-state index contributed by atoms with van der Waals surface area (Å²) in [5.74, 6) is -1.01. The average molecular weight is 285 g/mol. The van der Waals surface area contributed by atoms with Gasteiger partial charge in [0.25, 0.3) is 0 Å². The molecule has 1 heterocycles. The van der Waals surface area contributed by atoms with Crippen LogP contribution in [0.2, 0.25) is 0 Å². The zero-order chi connectivity index (χ0) is 15.3. The third-order valence-electron chi connectivity index (χ3n) is 3.68. The maximum atomic E-state index is 12.0. The van der Waals surface area contributed by atoms with Crippen LogP contribution in [-0.4, -0.2) is 53.7 Å². The van der Waals surface area contributed by atoms with Crippen molar-refractivity contribution in [2.45, 2.75) is 52.6 Å². The summed E-state index contributed by atoms with van der Waals surface area (Å²) in [7, 11) is 0. The number of urea groups is 1. The molecule has 0 aliphatic carbocycles. The maximum absolute atomic E-state index is 12.0. The van der Waals surface area contributed by atoms with E-state index in [0.29, 0.717) is 0 Å². The lowest BCUT2D eigenvalue weighted by Crippen LogP contribution is -2.56. The van der Waals surface area contributed by atoms with Gasteiger partial charge in [0, 0.05) is 12.6 Å². The van der Waals surface area contributed by atoms with Crippen LogP contribution in [0.4, 0.5) is 4.79 Å². The summed E-state index contributed by atoms with van der Waals surface area (Å²) >= 11 is 0. The van der Waals surface area contributed by atoms with Crippen LogP contribution >= 0.6 is 0 Å². The minimum Gasteiger partial charge on any atom is -0.480 e. The molecule has 0 saturated carbocycles. The molecule has 2 atom stereocenters. The highest BCUT2D eigenvalue weighted by Crippen LogP contribution is 2.19. The molecule has 6 nitrogen and oxygen atoms in total. The molecule has 2 amide bonds. The number of piperidine rings is 1. The molecule has 20 heavy (non-hydrogen) atoms. The highest BCUT2D eigenvalue weighted by atomic mass is 16.4. The van der Waals surface area contributed by atoms with Gasteiger partial charge in [-0.2, -0.15) is 0 Å². The normalized spacial score (nSPS) is 22.1. The number of hydrogen-bond acceptors (Lipinski definition) is 3. The Morgan fingerprint density at radius 3 is 2.55 bits per heavy atom. The van der Waals surface area contributed by atoms with Crippen LogP contribution in [0.25, 0.3) is 0 Å². The van der Waals surface area contributed by atoms with Crippen molar-refractivity contribution >= 4 is 12.0 Å². The first kappa shape index (κ1) is 16.8. The van der Waals surface area contributed by atoms with Crippen molar-refractivity contribution < 1.29 is 14.7 Å². The van der Waals surface area contributed by atoms with Crippen molar-refractivity contribution in [1.29, 1.82) is 0 Å². The number of nitrogens with zero attached hydrogens (tertiary/aromatic N) is 1. The Hall–Kier alpha value is -1.30. The molecule has 116 valence electrons. The van der Waals surface area contributed by atoms with Gasteiger partial charge in [-0.25, -0.2) is 9.59 Å². The van der Waals surface area contributed by atoms with Gasteiger partial charge in [0.2, 0.25) is 0 Å². The molecule has 0 aromatic rings. The van der Waals surface area contributed by atoms with E-state index in [1.165, 1.54) is 0 Å². The van der Waals surface area contributed by atoms with Gasteiger partial charge in [0.05, 0.1) is 0 Å². The number of carbonyl (C=O) groups is 2. The first-order valence-electron chi connectivity index (χ1n) is 7.26. The van der Waals surface area contributed by atoms with Crippen LogP contribution in [-0.2, 0) is 4.79 Å². The molecule has 1 fully saturated rings. The van der Waals surface area contributed by atoms with Gasteiger partial charge < -0.3 is 20.6 Å². The summed E-state index contributed by atoms with van der Waals surface area (Å²) < 4.78 is 0. The Balaban J connectivity index is 2.52. The van der Waals surface area contributed by atoms with Crippen LogP contribution in [0.1, 0.15) is 40.5 Å². The molecule has 6 heteroatoms. The van der Waals surface area contributed by atoms with Gasteiger partial charge >= 0.3 is 12.0 Å². The number of carboxylic acid groups (broad SMARTS) is 1. The van der Waals surface area contributed by atoms with E-state index in [2.05, 4.69) is 22.5 Å². The topological polar surface area (TPSA) is 81.7 Å². The number of likely N-dealkylation sites (tertiary alicyclic amines) is 1. The molecular formula is C14H27N3O3. The lowest BCUT2D eigenvalue weighted by Gasteiger charge is -2.33. The van der Waals surface area contributed by atoms with Crippen molar-refractivity contribution in [3.63, 3.8) is 0 Å². The zero-order valence-electron chi connectivity index (χ0n) is 12.9. The summed E-state index contributed by atoms with van der Waals surface area (Å²) in [5.41, 5.74) is -0.523. The second-order valence-corrected chi connectivity index (χ2v) is 6.49. The van der Waals surface area contributed by atoms with Crippen LogP contribution in [0.5, 0.6) is 0 Å². The monoisotopic (exact) mass is 285 g/mol. The number of rotatable bonds is 4. The van der Waals surface area contributed by atoms with Crippen molar-refractivity contribution in [2.75, 3.05) is 19.6 Å². The van der Waals surface area contributed by atoms with E-state index in [0.717, 1.165) is 32.5 Å². The fraction of sp³-hybridized carbons (Fsp3) is 0.857. The molecule has 1 aliphatic rings. The largest absolute Gasteiger partial charge is 0.480 e. The lowest BCUT2D eigenvalue weighted by atomic mass is 9.87. The minimum atomic E-state index is -1.01. The molecule has 0 aromatic carbocycles. The van der Waals surface area contributed by atoms with Crippen LogP contribution in [0.15, 0.2) is 0 Å². The van der Waals surface area contributed by atoms with Gasteiger partial charge in [0.15, 0.2) is 0 Å². The Morgan fingerprint density at radius 1 is 1.40 bits per heavy atom. The average Bonchev–Trinajstić information content (AvgIpc) is 2.34. The van der Waals surface area contributed by atoms with Gasteiger partial charge in [-0.3, -0.25) is 0 Å². The zero-order valence-corrected chi connectivity index (χ0v) is 12.9. The number of carbonyl (C=O) groups excluding carboxylic acids is 1. The van der Waals surface area contributed by atoms with Crippen molar-refractivity contribution in [3.8, 4) is 0 Å². The number of amides is 2. The van der Waals surface area contributed by atoms with Gasteiger partial charge in [-0.05, 0) is 31.3 Å². The third-order valence-corrected chi connectivity index (χ3v) is 3.68. The fourth-order valence-corrected chi connectivity index (χ4v) is 2.47. The predicted octanol–water partition coefficient (Wildman–Crippen LogP) is 1.27. The summed E-state index contributed by atoms with van der Waals surface area (Å²) in [4.78, 5) is 25.5. The Kier molecular flexibility index (Phi) is 5.80. The first-order valence-corrected chi connectivity index (χ1v) is 7.26. The van der Waals surface area contributed by atoms with Gasteiger partial charge in [-0.1, -0.05) is 27.7 Å². The third kappa shape index (κ3) is 5.00. The van der Waals surface area contributed by atoms with Crippen molar-refractivity contribution in [3.05, 3.63) is 0 Å². The molecule has 1 saturated heterocycles.